The van der Waals surface area contributed by atoms with Crippen molar-refractivity contribution in [3.8, 4) is 5.75 Å². The Morgan fingerprint density at radius 3 is 2.95 bits per heavy atom. The van der Waals surface area contributed by atoms with Gasteiger partial charge < -0.3 is 15.2 Å². The molecule has 1 aliphatic rings. The minimum Gasteiger partial charge on any atom is -0.490 e. The molecule has 104 valence electrons. The maximum absolute atomic E-state index is 5.83. The molecule has 3 rings (SSSR count). The van der Waals surface area contributed by atoms with Gasteiger partial charge in [-0.05, 0) is 29.7 Å². The van der Waals surface area contributed by atoms with Crippen LogP contribution < -0.4 is 10.5 Å². The Morgan fingerprint density at radius 1 is 1.25 bits per heavy atom. The molecule has 1 aliphatic heterocycles. The van der Waals surface area contributed by atoms with Gasteiger partial charge in [-0.15, -0.1) is 0 Å². The Kier molecular flexibility index (Phi) is 3.94. The molecule has 1 heterocycles. The van der Waals surface area contributed by atoms with E-state index >= 15 is 0 Å². The molecule has 1 atom stereocenters. The molecule has 2 aromatic carbocycles. The smallest absolute Gasteiger partial charge is 0.122 e. The van der Waals surface area contributed by atoms with E-state index < -0.39 is 0 Å². The summed E-state index contributed by atoms with van der Waals surface area (Å²) in [6.07, 6.45) is 0.955. The molecule has 0 amide bonds. The molecule has 0 aromatic heterocycles. The van der Waals surface area contributed by atoms with Crippen LogP contribution in [0.4, 0.5) is 5.69 Å². The van der Waals surface area contributed by atoms with Gasteiger partial charge in [0.25, 0.3) is 0 Å². The van der Waals surface area contributed by atoms with Crippen LogP contribution in [0.15, 0.2) is 46.9 Å². The Labute approximate surface area is 126 Å². The van der Waals surface area contributed by atoms with E-state index in [2.05, 4.69) is 34.1 Å². The number of hydrogen-bond donors (Lipinski definition) is 1. The minimum absolute atomic E-state index is 0.0137. The Hall–Kier alpha value is -1.52. The first-order valence-electron chi connectivity index (χ1n) is 6.60. The van der Waals surface area contributed by atoms with Gasteiger partial charge in [0.05, 0.1) is 6.61 Å². The topological polar surface area (TPSA) is 44.5 Å². The van der Waals surface area contributed by atoms with Crippen molar-refractivity contribution in [1.29, 1.82) is 0 Å². The Balaban J connectivity index is 1.73. The van der Waals surface area contributed by atoms with Crippen molar-refractivity contribution in [2.45, 2.75) is 12.5 Å². The van der Waals surface area contributed by atoms with Gasteiger partial charge >= 0.3 is 0 Å². The highest BCUT2D eigenvalue weighted by atomic mass is 79.9. The van der Waals surface area contributed by atoms with Gasteiger partial charge in [0.15, 0.2) is 0 Å². The molecule has 0 saturated carbocycles. The monoisotopic (exact) mass is 333 g/mol. The van der Waals surface area contributed by atoms with Crippen LogP contribution in [0.5, 0.6) is 5.75 Å². The summed E-state index contributed by atoms with van der Waals surface area (Å²) < 4.78 is 12.6. The quantitative estimate of drug-likeness (QED) is 0.870. The number of anilines is 1. The molecule has 2 N–H and O–H groups in total. The van der Waals surface area contributed by atoms with Crippen LogP contribution in [0.2, 0.25) is 0 Å². The number of rotatable bonds is 3. The molecule has 0 aliphatic carbocycles. The normalized spacial score (nSPS) is 17.6. The summed E-state index contributed by atoms with van der Waals surface area (Å²) in [6.45, 7) is 1.23. The molecule has 20 heavy (non-hydrogen) atoms. The lowest BCUT2D eigenvalue weighted by Crippen LogP contribution is -2.21. The van der Waals surface area contributed by atoms with E-state index in [9.17, 15) is 0 Å². The molecule has 0 radical (unpaired) electrons. The van der Waals surface area contributed by atoms with Crippen molar-refractivity contribution in [2.75, 3.05) is 18.9 Å². The van der Waals surface area contributed by atoms with Gasteiger partial charge in [0, 0.05) is 16.2 Å². The van der Waals surface area contributed by atoms with Crippen LogP contribution in [0.1, 0.15) is 17.2 Å². The highest BCUT2D eigenvalue weighted by Crippen LogP contribution is 2.29. The van der Waals surface area contributed by atoms with E-state index in [4.69, 9.17) is 15.2 Å². The van der Waals surface area contributed by atoms with Crippen LogP contribution in [0.25, 0.3) is 0 Å². The second kappa shape index (κ2) is 5.85. The van der Waals surface area contributed by atoms with Gasteiger partial charge in [-0.2, -0.15) is 0 Å². The molecule has 3 nitrogen and oxygen atoms in total. The summed E-state index contributed by atoms with van der Waals surface area (Å²) in [5, 5.41) is 0. The van der Waals surface area contributed by atoms with Crippen LogP contribution in [-0.2, 0) is 11.2 Å². The minimum atomic E-state index is -0.0137. The summed E-state index contributed by atoms with van der Waals surface area (Å²) in [7, 11) is 0. The summed E-state index contributed by atoms with van der Waals surface area (Å²) in [5.74, 6) is 0.753. The number of benzene rings is 2. The SMILES string of the molecule is Nc1cc(Br)cc(OCC2OCCc3ccccc32)c1. The van der Waals surface area contributed by atoms with Crippen molar-refractivity contribution < 1.29 is 9.47 Å². The molecular formula is C16H16BrNO2. The lowest BCUT2D eigenvalue weighted by atomic mass is 9.98. The summed E-state index contributed by atoms with van der Waals surface area (Å²) in [6, 6.07) is 13.9. The summed E-state index contributed by atoms with van der Waals surface area (Å²) in [5.41, 5.74) is 9.06. The number of ether oxygens (including phenoxy) is 2. The predicted octanol–water partition coefficient (Wildman–Crippen LogP) is 3.72. The van der Waals surface area contributed by atoms with E-state index in [1.54, 1.807) is 0 Å². The van der Waals surface area contributed by atoms with E-state index in [1.165, 1.54) is 11.1 Å². The number of nitrogens with two attached hydrogens (primary N) is 1. The third kappa shape index (κ3) is 2.97. The van der Waals surface area contributed by atoms with Crippen LogP contribution in [-0.4, -0.2) is 13.2 Å². The van der Waals surface area contributed by atoms with Crippen molar-refractivity contribution in [3.63, 3.8) is 0 Å². The van der Waals surface area contributed by atoms with Crippen molar-refractivity contribution in [2.24, 2.45) is 0 Å². The first kappa shape index (κ1) is 13.5. The first-order chi connectivity index (χ1) is 9.72. The number of fused-ring (bicyclic) bond motifs is 1. The van der Waals surface area contributed by atoms with E-state index in [-0.39, 0.29) is 6.10 Å². The van der Waals surface area contributed by atoms with Crippen LogP contribution in [0.3, 0.4) is 0 Å². The molecule has 1 unspecified atom stereocenters. The highest BCUT2D eigenvalue weighted by molar-refractivity contribution is 9.10. The number of hydrogen-bond acceptors (Lipinski definition) is 3. The summed E-state index contributed by atoms with van der Waals surface area (Å²) >= 11 is 3.41. The highest BCUT2D eigenvalue weighted by Gasteiger charge is 2.20. The van der Waals surface area contributed by atoms with Crippen molar-refractivity contribution in [1.82, 2.24) is 0 Å². The predicted molar refractivity (Wildman–Crippen MR) is 82.9 cm³/mol. The Morgan fingerprint density at radius 2 is 2.10 bits per heavy atom. The van der Waals surface area contributed by atoms with Gasteiger partial charge in [0.2, 0.25) is 0 Å². The third-order valence-electron chi connectivity index (χ3n) is 3.39. The number of halogens is 1. The van der Waals surface area contributed by atoms with E-state index in [1.807, 2.05) is 24.3 Å². The fraction of sp³-hybridized carbons (Fsp3) is 0.250. The van der Waals surface area contributed by atoms with Crippen LogP contribution >= 0.6 is 15.9 Å². The second-order valence-corrected chi connectivity index (χ2v) is 5.76. The molecule has 0 saturated heterocycles. The van der Waals surface area contributed by atoms with Gasteiger partial charge in [-0.1, -0.05) is 40.2 Å². The molecule has 0 spiro atoms. The van der Waals surface area contributed by atoms with Crippen molar-refractivity contribution >= 4 is 21.6 Å². The van der Waals surface area contributed by atoms with Crippen LogP contribution in [0, 0.1) is 0 Å². The van der Waals surface area contributed by atoms with E-state index in [0.29, 0.717) is 12.3 Å². The average Bonchev–Trinajstić information content (AvgIpc) is 2.44. The maximum Gasteiger partial charge on any atom is 0.122 e. The largest absolute Gasteiger partial charge is 0.490 e. The maximum atomic E-state index is 5.83. The zero-order valence-corrected chi connectivity index (χ0v) is 12.6. The lowest BCUT2D eigenvalue weighted by Gasteiger charge is -2.26. The lowest BCUT2D eigenvalue weighted by molar-refractivity contribution is 0.0102. The zero-order valence-electron chi connectivity index (χ0n) is 11.0. The molecular weight excluding hydrogens is 318 g/mol. The van der Waals surface area contributed by atoms with Gasteiger partial charge in [-0.3, -0.25) is 0 Å². The summed E-state index contributed by atoms with van der Waals surface area (Å²) in [4.78, 5) is 0. The van der Waals surface area contributed by atoms with Gasteiger partial charge in [0.1, 0.15) is 18.5 Å². The standard InChI is InChI=1S/C16H16BrNO2/c17-12-7-13(18)9-14(8-12)20-10-16-15-4-2-1-3-11(15)5-6-19-16/h1-4,7-9,16H,5-6,10,18H2. The Bertz CT molecular complexity index is 595. The third-order valence-corrected chi connectivity index (χ3v) is 3.85. The second-order valence-electron chi connectivity index (χ2n) is 4.84. The first-order valence-corrected chi connectivity index (χ1v) is 7.40. The molecule has 4 heteroatoms. The van der Waals surface area contributed by atoms with Gasteiger partial charge in [-0.25, -0.2) is 0 Å². The molecule has 0 bridgehead atoms. The average molecular weight is 334 g/mol. The van der Waals surface area contributed by atoms with E-state index in [0.717, 1.165) is 23.2 Å². The number of nitrogen functional groups attached to an aromatic ring is 1. The fourth-order valence-corrected chi connectivity index (χ4v) is 2.94. The van der Waals surface area contributed by atoms with Crippen molar-refractivity contribution in [3.05, 3.63) is 58.1 Å². The fourth-order valence-electron chi connectivity index (χ4n) is 2.45. The molecule has 2 aromatic rings. The molecule has 0 fully saturated rings. The zero-order chi connectivity index (χ0) is 13.9.